The molecule has 7 nitrogen and oxygen atoms in total. The highest BCUT2D eigenvalue weighted by Crippen LogP contribution is 2.27. The number of sulfonamides is 1. The van der Waals surface area contributed by atoms with Crippen LogP contribution in [0.5, 0.6) is 5.75 Å². The summed E-state index contributed by atoms with van der Waals surface area (Å²) >= 11 is 0. The zero-order valence-corrected chi connectivity index (χ0v) is 17.4. The van der Waals surface area contributed by atoms with Crippen LogP contribution in [0.25, 0.3) is 0 Å². The first-order chi connectivity index (χ1) is 12.4. The number of anilines is 1. The van der Waals surface area contributed by atoms with Crippen LogP contribution in [0, 0.1) is 13.8 Å². The molecular formula is C18H24N2O5S2. The third-order valence-corrected chi connectivity index (χ3v) is 6.00. The minimum absolute atomic E-state index is 0.0945. The largest absolute Gasteiger partial charge is 0.492 e. The summed E-state index contributed by atoms with van der Waals surface area (Å²) in [6, 6.07) is 9.71. The van der Waals surface area contributed by atoms with Crippen molar-refractivity contribution < 1.29 is 21.6 Å². The van der Waals surface area contributed by atoms with Gasteiger partial charge in [-0.3, -0.25) is 0 Å². The Morgan fingerprint density at radius 1 is 1.00 bits per heavy atom. The van der Waals surface area contributed by atoms with Crippen LogP contribution in [0.3, 0.4) is 0 Å². The molecule has 0 spiro atoms. The molecule has 0 saturated heterocycles. The zero-order chi connectivity index (χ0) is 20.4. The van der Waals surface area contributed by atoms with Gasteiger partial charge in [-0.05, 0) is 55.3 Å². The number of nitrogens with zero attached hydrogens (tertiary/aromatic N) is 1. The Kier molecular flexibility index (Phi) is 6.18. The summed E-state index contributed by atoms with van der Waals surface area (Å²) < 4.78 is 53.0. The number of primary sulfonamides is 1. The molecule has 27 heavy (non-hydrogen) atoms. The molecule has 0 bridgehead atoms. The second kappa shape index (κ2) is 7.87. The molecule has 2 aromatic carbocycles. The quantitative estimate of drug-likeness (QED) is 0.744. The van der Waals surface area contributed by atoms with E-state index in [2.05, 4.69) is 0 Å². The molecule has 0 aliphatic rings. The predicted octanol–water partition coefficient (Wildman–Crippen LogP) is 1.87. The van der Waals surface area contributed by atoms with Crippen molar-refractivity contribution in [1.29, 1.82) is 0 Å². The Bertz CT molecular complexity index is 1030. The van der Waals surface area contributed by atoms with Crippen LogP contribution in [0.4, 0.5) is 5.69 Å². The molecular weight excluding hydrogens is 388 g/mol. The first kappa shape index (κ1) is 21.2. The highest BCUT2D eigenvalue weighted by atomic mass is 32.2. The van der Waals surface area contributed by atoms with Crippen LogP contribution in [0.2, 0.25) is 0 Å². The lowest BCUT2D eigenvalue weighted by Gasteiger charge is -2.22. The van der Waals surface area contributed by atoms with Gasteiger partial charge in [0, 0.05) is 13.3 Å². The van der Waals surface area contributed by atoms with E-state index in [0.29, 0.717) is 18.8 Å². The maximum absolute atomic E-state index is 12.1. The summed E-state index contributed by atoms with van der Waals surface area (Å²) in [5.74, 6) is 0.744. The third-order valence-electron chi connectivity index (χ3n) is 3.96. The Morgan fingerprint density at radius 3 is 2.11 bits per heavy atom. The Morgan fingerprint density at radius 2 is 1.59 bits per heavy atom. The van der Waals surface area contributed by atoms with Crippen LogP contribution in [0.1, 0.15) is 11.1 Å². The average Bonchev–Trinajstić information content (AvgIpc) is 2.51. The van der Waals surface area contributed by atoms with Crippen LogP contribution < -0.4 is 14.8 Å². The predicted molar refractivity (Wildman–Crippen MR) is 106 cm³/mol. The second-order valence-electron chi connectivity index (χ2n) is 6.54. The second-order valence-corrected chi connectivity index (χ2v) is 10.1. The number of nitrogens with two attached hydrogens (primary N) is 1. The fourth-order valence-electron chi connectivity index (χ4n) is 2.72. The van der Waals surface area contributed by atoms with Gasteiger partial charge < -0.3 is 9.64 Å². The SMILES string of the molecule is Cc1cc(C)cc(OCCN(C)c2ccc(S(N)(=O)=O)cc2S(C)(=O)=O)c1. The normalized spacial score (nSPS) is 12.0. The average molecular weight is 413 g/mol. The number of aryl methyl sites for hydroxylation is 2. The van der Waals surface area contributed by atoms with Crippen molar-refractivity contribution in [3.05, 3.63) is 47.5 Å². The zero-order valence-electron chi connectivity index (χ0n) is 15.8. The van der Waals surface area contributed by atoms with Gasteiger partial charge in [0.05, 0.1) is 22.0 Å². The number of ether oxygens (including phenoxy) is 1. The molecule has 148 valence electrons. The molecule has 0 aromatic heterocycles. The summed E-state index contributed by atoms with van der Waals surface area (Å²) in [7, 11) is -5.94. The molecule has 0 amide bonds. The van der Waals surface area contributed by atoms with Crippen LogP contribution in [-0.2, 0) is 19.9 Å². The minimum Gasteiger partial charge on any atom is -0.492 e. The van der Waals surface area contributed by atoms with Gasteiger partial charge in [-0.25, -0.2) is 22.0 Å². The molecule has 0 heterocycles. The highest BCUT2D eigenvalue weighted by Gasteiger charge is 2.20. The summed E-state index contributed by atoms with van der Waals surface area (Å²) in [5, 5.41) is 5.11. The molecule has 9 heteroatoms. The van der Waals surface area contributed by atoms with E-state index < -0.39 is 19.9 Å². The fourth-order valence-corrected chi connectivity index (χ4v) is 4.28. The summed E-state index contributed by atoms with van der Waals surface area (Å²) in [5.41, 5.74) is 2.57. The van der Waals surface area contributed by atoms with E-state index in [4.69, 9.17) is 9.88 Å². The topological polar surface area (TPSA) is 107 Å². The van der Waals surface area contributed by atoms with Crippen LogP contribution in [0.15, 0.2) is 46.2 Å². The molecule has 0 saturated carbocycles. The standard InChI is InChI=1S/C18H24N2O5S2/c1-13-9-14(2)11-15(10-13)25-8-7-20(3)17-6-5-16(27(19,23)24)12-18(17)26(4,21)22/h5-6,9-12H,7-8H2,1-4H3,(H2,19,23,24). The van der Waals surface area contributed by atoms with Gasteiger partial charge in [0.25, 0.3) is 0 Å². The first-order valence-corrected chi connectivity index (χ1v) is 11.6. The van der Waals surface area contributed by atoms with Crippen molar-refractivity contribution in [2.45, 2.75) is 23.6 Å². The summed E-state index contributed by atoms with van der Waals surface area (Å²) in [6.45, 7) is 4.71. The van der Waals surface area contributed by atoms with Gasteiger partial charge in [-0.2, -0.15) is 0 Å². The lowest BCUT2D eigenvalue weighted by Crippen LogP contribution is -2.25. The number of hydrogen-bond acceptors (Lipinski definition) is 6. The van der Waals surface area contributed by atoms with Gasteiger partial charge in [0.15, 0.2) is 9.84 Å². The smallest absolute Gasteiger partial charge is 0.238 e. The van der Waals surface area contributed by atoms with Crippen molar-refractivity contribution >= 4 is 25.5 Å². The molecule has 0 atom stereocenters. The molecule has 2 N–H and O–H groups in total. The van der Waals surface area contributed by atoms with Crippen LogP contribution >= 0.6 is 0 Å². The number of likely N-dealkylation sites (N-methyl/N-ethyl adjacent to an activating group) is 1. The Labute approximate surface area is 160 Å². The van der Waals surface area contributed by atoms with Crippen molar-refractivity contribution in [1.82, 2.24) is 0 Å². The maximum atomic E-state index is 12.1. The van der Waals surface area contributed by atoms with Gasteiger partial charge in [0.2, 0.25) is 10.0 Å². The minimum atomic E-state index is -4.00. The van der Waals surface area contributed by atoms with E-state index in [1.165, 1.54) is 12.1 Å². The lowest BCUT2D eigenvalue weighted by atomic mass is 10.1. The molecule has 2 aromatic rings. The first-order valence-electron chi connectivity index (χ1n) is 8.17. The van der Waals surface area contributed by atoms with Crippen molar-refractivity contribution in [3.63, 3.8) is 0 Å². The van der Waals surface area contributed by atoms with E-state index in [0.717, 1.165) is 29.2 Å². The van der Waals surface area contributed by atoms with Gasteiger partial charge in [-0.15, -0.1) is 0 Å². The van der Waals surface area contributed by atoms with Crippen molar-refractivity contribution in [2.75, 3.05) is 31.4 Å². The molecule has 0 radical (unpaired) electrons. The van der Waals surface area contributed by atoms with Gasteiger partial charge in [0.1, 0.15) is 12.4 Å². The molecule has 2 rings (SSSR count). The summed E-state index contributed by atoms with van der Waals surface area (Å²) in [4.78, 5) is 1.36. The van der Waals surface area contributed by atoms with Crippen molar-refractivity contribution in [2.24, 2.45) is 5.14 Å². The van der Waals surface area contributed by atoms with E-state index in [-0.39, 0.29) is 9.79 Å². The number of sulfone groups is 1. The lowest BCUT2D eigenvalue weighted by molar-refractivity contribution is 0.325. The number of rotatable bonds is 7. The van der Waals surface area contributed by atoms with E-state index in [1.54, 1.807) is 11.9 Å². The fraction of sp³-hybridized carbons (Fsp3) is 0.333. The molecule has 0 aliphatic heterocycles. The maximum Gasteiger partial charge on any atom is 0.238 e. The van der Waals surface area contributed by atoms with Crippen LogP contribution in [-0.4, -0.2) is 43.3 Å². The van der Waals surface area contributed by atoms with Crippen molar-refractivity contribution in [3.8, 4) is 5.75 Å². The molecule has 0 aliphatic carbocycles. The van der Waals surface area contributed by atoms with Gasteiger partial charge >= 0.3 is 0 Å². The van der Waals surface area contributed by atoms with Gasteiger partial charge in [-0.1, -0.05) is 6.07 Å². The monoisotopic (exact) mass is 412 g/mol. The van der Waals surface area contributed by atoms with E-state index >= 15 is 0 Å². The number of hydrogen-bond donors (Lipinski definition) is 1. The summed E-state index contributed by atoms with van der Waals surface area (Å²) in [6.07, 6.45) is 1.03. The van der Waals surface area contributed by atoms with E-state index in [1.807, 2.05) is 32.0 Å². The Hall–Kier alpha value is -2.10. The Balaban J connectivity index is 2.21. The molecule has 0 fully saturated rings. The molecule has 0 unspecified atom stereocenters. The highest BCUT2D eigenvalue weighted by molar-refractivity contribution is 7.91. The van der Waals surface area contributed by atoms with E-state index in [9.17, 15) is 16.8 Å². The number of benzene rings is 2. The third kappa shape index (κ3) is 5.69.